The quantitative estimate of drug-likeness (QED) is 0.506. The van der Waals surface area contributed by atoms with Crippen LogP contribution < -0.4 is 14.4 Å². The van der Waals surface area contributed by atoms with Crippen molar-refractivity contribution in [1.29, 1.82) is 0 Å². The number of benzene rings is 2. The van der Waals surface area contributed by atoms with E-state index in [9.17, 15) is 13.2 Å². The Kier molecular flexibility index (Phi) is 9.15. The van der Waals surface area contributed by atoms with Crippen molar-refractivity contribution in [1.82, 2.24) is 5.32 Å². The lowest BCUT2D eigenvalue weighted by Crippen LogP contribution is -2.41. The van der Waals surface area contributed by atoms with Gasteiger partial charge in [-0.15, -0.1) is 0 Å². The highest BCUT2D eigenvalue weighted by atomic mass is 35.5. The van der Waals surface area contributed by atoms with Crippen LogP contribution in [0.5, 0.6) is 5.75 Å². The number of hydrogen-bond donors (Lipinski definition) is 1. The molecule has 2 rings (SSSR count). The van der Waals surface area contributed by atoms with E-state index in [-0.39, 0.29) is 12.5 Å². The highest BCUT2D eigenvalue weighted by Crippen LogP contribution is 2.30. The normalized spacial score (nSPS) is 11.2. The van der Waals surface area contributed by atoms with Crippen LogP contribution in [0, 0.1) is 6.92 Å². The van der Waals surface area contributed by atoms with E-state index < -0.39 is 10.0 Å². The van der Waals surface area contributed by atoms with Crippen molar-refractivity contribution in [2.75, 3.05) is 36.5 Å². The summed E-state index contributed by atoms with van der Waals surface area (Å²) in [5.74, 6) is 1.39. The van der Waals surface area contributed by atoms with Crippen LogP contribution in [0.25, 0.3) is 0 Å². The number of carbonyl (C=O) groups is 1. The molecule has 10 heteroatoms. The van der Waals surface area contributed by atoms with Gasteiger partial charge in [0.25, 0.3) is 0 Å². The number of methoxy groups -OCH3 is 1. The number of thioether (sulfide) groups is 1. The van der Waals surface area contributed by atoms with Crippen LogP contribution in [0.2, 0.25) is 10.0 Å². The lowest BCUT2D eigenvalue weighted by Gasteiger charge is -2.24. The van der Waals surface area contributed by atoms with Gasteiger partial charge in [-0.25, -0.2) is 8.42 Å². The van der Waals surface area contributed by atoms with Crippen molar-refractivity contribution in [2.45, 2.75) is 12.7 Å². The zero-order chi connectivity index (χ0) is 22.3. The van der Waals surface area contributed by atoms with Crippen LogP contribution in [0.1, 0.15) is 11.1 Å². The molecular formula is C20H24Cl2N2O4S2. The fourth-order valence-corrected chi connectivity index (χ4v) is 4.62. The summed E-state index contributed by atoms with van der Waals surface area (Å²) in [6, 6.07) is 10.6. The molecule has 0 aromatic heterocycles. The molecule has 0 radical (unpaired) electrons. The average molecular weight is 491 g/mol. The summed E-state index contributed by atoms with van der Waals surface area (Å²) in [5.41, 5.74) is 2.23. The maximum atomic E-state index is 12.4. The summed E-state index contributed by atoms with van der Waals surface area (Å²) in [4.78, 5) is 12.4. The second-order valence-corrected chi connectivity index (χ2v) is 10.4. The highest BCUT2D eigenvalue weighted by Gasteiger charge is 2.24. The van der Waals surface area contributed by atoms with Gasteiger partial charge >= 0.3 is 0 Å². The zero-order valence-electron chi connectivity index (χ0n) is 16.9. The predicted octanol–water partition coefficient (Wildman–Crippen LogP) is 4.13. The van der Waals surface area contributed by atoms with E-state index in [0.717, 1.165) is 27.4 Å². The van der Waals surface area contributed by atoms with Crippen LogP contribution in [0.4, 0.5) is 5.69 Å². The van der Waals surface area contributed by atoms with Crippen LogP contribution in [-0.4, -0.2) is 46.5 Å². The zero-order valence-corrected chi connectivity index (χ0v) is 20.1. The molecule has 0 saturated carbocycles. The molecule has 0 unspecified atom stereocenters. The van der Waals surface area contributed by atoms with Gasteiger partial charge < -0.3 is 10.1 Å². The Labute approximate surface area is 191 Å². The summed E-state index contributed by atoms with van der Waals surface area (Å²) >= 11 is 13.5. The molecular weight excluding hydrogens is 467 g/mol. The van der Waals surface area contributed by atoms with Gasteiger partial charge in [-0.05, 0) is 42.3 Å². The largest absolute Gasteiger partial charge is 0.495 e. The first-order chi connectivity index (χ1) is 14.1. The molecule has 6 nitrogen and oxygen atoms in total. The molecule has 164 valence electrons. The number of rotatable bonds is 10. The van der Waals surface area contributed by atoms with Crippen LogP contribution in [0.3, 0.4) is 0 Å². The number of carbonyl (C=O) groups excluding carboxylic acids is 1. The molecule has 0 saturated heterocycles. The van der Waals surface area contributed by atoms with E-state index in [1.807, 2.05) is 25.1 Å². The van der Waals surface area contributed by atoms with Crippen molar-refractivity contribution >= 4 is 56.6 Å². The minimum atomic E-state index is -3.68. The lowest BCUT2D eigenvalue weighted by molar-refractivity contribution is -0.119. The molecule has 0 aliphatic heterocycles. The van der Waals surface area contributed by atoms with Crippen molar-refractivity contribution in [3.63, 3.8) is 0 Å². The van der Waals surface area contributed by atoms with Gasteiger partial charge in [-0.1, -0.05) is 35.3 Å². The second-order valence-electron chi connectivity index (χ2n) is 6.60. The van der Waals surface area contributed by atoms with Gasteiger partial charge in [0, 0.05) is 18.1 Å². The van der Waals surface area contributed by atoms with E-state index >= 15 is 0 Å². The second kappa shape index (κ2) is 11.1. The number of ether oxygens (including phenoxy) is 1. The molecule has 0 bridgehead atoms. The Bertz CT molecular complexity index is 1000. The predicted molar refractivity (Wildman–Crippen MR) is 126 cm³/mol. The van der Waals surface area contributed by atoms with E-state index in [4.69, 9.17) is 27.9 Å². The SMILES string of the molecule is COc1ccc(C)cc1N(CC(=O)NCCSCc1ccc(Cl)c(Cl)c1)S(C)(=O)=O. The first kappa shape index (κ1) is 24.7. The van der Waals surface area contributed by atoms with Crippen LogP contribution >= 0.6 is 35.0 Å². The minimum absolute atomic E-state index is 0.323. The molecule has 2 aromatic rings. The number of hydrogen-bond acceptors (Lipinski definition) is 5. The molecule has 30 heavy (non-hydrogen) atoms. The summed E-state index contributed by atoms with van der Waals surface area (Å²) < 4.78 is 30.9. The number of anilines is 1. The third-order valence-electron chi connectivity index (χ3n) is 4.11. The van der Waals surface area contributed by atoms with E-state index in [1.54, 1.807) is 30.0 Å². The molecule has 1 N–H and O–H groups in total. The summed E-state index contributed by atoms with van der Waals surface area (Å²) in [7, 11) is -2.22. The molecule has 0 fully saturated rings. The standard InChI is InChI=1S/C20H24Cl2N2O4S2/c1-14-4-7-19(28-2)18(10-14)24(30(3,26)27)12-20(25)23-8-9-29-13-15-5-6-16(21)17(22)11-15/h4-7,10-11H,8-9,12-13H2,1-3H3,(H,23,25). The van der Waals surface area contributed by atoms with Crippen molar-refractivity contribution in [3.05, 3.63) is 57.6 Å². The number of nitrogens with zero attached hydrogens (tertiary/aromatic N) is 1. The summed E-state index contributed by atoms with van der Waals surface area (Å²) in [6.07, 6.45) is 1.06. The molecule has 0 spiro atoms. The molecule has 0 aliphatic carbocycles. The van der Waals surface area contributed by atoms with Gasteiger partial charge in [0.2, 0.25) is 15.9 Å². The Balaban J connectivity index is 1.91. The smallest absolute Gasteiger partial charge is 0.240 e. The van der Waals surface area contributed by atoms with Gasteiger partial charge in [0.1, 0.15) is 12.3 Å². The molecule has 0 aliphatic rings. The molecule has 0 heterocycles. The summed E-state index contributed by atoms with van der Waals surface area (Å²) in [6.45, 7) is 1.93. The number of aryl methyl sites for hydroxylation is 1. The van der Waals surface area contributed by atoms with Gasteiger partial charge in [0.15, 0.2) is 0 Å². The maximum Gasteiger partial charge on any atom is 0.240 e. The van der Waals surface area contributed by atoms with Crippen LogP contribution in [-0.2, 0) is 20.6 Å². The maximum absolute atomic E-state index is 12.4. The number of amides is 1. The van der Waals surface area contributed by atoms with Gasteiger partial charge in [-0.3, -0.25) is 9.10 Å². The fraction of sp³-hybridized carbons (Fsp3) is 0.350. The highest BCUT2D eigenvalue weighted by molar-refractivity contribution is 7.98. The Morgan fingerprint density at radius 3 is 2.53 bits per heavy atom. The first-order valence-electron chi connectivity index (χ1n) is 9.02. The Morgan fingerprint density at radius 1 is 1.17 bits per heavy atom. The Hall–Kier alpha value is -1.61. The first-order valence-corrected chi connectivity index (χ1v) is 12.8. The van der Waals surface area contributed by atoms with Crippen molar-refractivity contribution in [2.24, 2.45) is 0 Å². The molecule has 2 aromatic carbocycles. The topological polar surface area (TPSA) is 75.7 Å². The lowest BCUT2D eigenvalue weighted by atomic mass is 10.2. The van der Waals surface area contributed by atoms with Gasteiger partial charge in [-0.2, -0.15) is 11.8 Å². The third kappa shape index (κ3) is 7.27. The van der Waals surface area contributed by atoms with E-state index in [2.05, 4.69) is 5.32 Å². The fourth-order valence-electron chi connectivity index (χ4n) is 2.64. The number of halogens is 2. The monoisotopic (exact) mass is 490 g/mol. The van der Waals surface area contributed by atoms with E-state index in [0.29, 0.717) is 33.8 Å². The number of nitrogens with one attached hydrogen (secondary N) is 1. The van der Waals surface area contributed by atoms with Crippen molar-refractivity contribution in [3.8, 4) is 5.75 Å². The summed E-state index contributed by atoms with van der Waals surface area (Å²) in [5, 5.41) is 3.78. The molecule has 0 atom stereocenters. The average Bonchev–Trinajstić information content (AvgIpc) is 2.67. The Morgan fingerprint density at radius 2 is 1.90 bits per heavy atom. The third-order valence-corrected chi connectivity index (χ3v) is 7.01. The number of sulfonamides is 1. The van der Waals surface area contributed by atoms with Crippen molar-refractivity contribution < 1.29 is 17.9 Å². The van der Waals surface area contributed by atoms with E-state index in [1.165, 1.54) is 7.11 Å². The molecule has 1 amide bonds. The van der Waals surface area contributed by atoms with Crippen LogP contribution in [0.15, 0.2) is 36.4 Å². The van der Waals surface area contributed by atoms with Gasteiger partial charge in [0.05, 0.1) is 29.1 Å². The minimum Gasteiger partial charge on any atom is -0.495 e.